The molecule has 15 heavy (non-hydrogen) atoms. The van der Waals surface area contributed by atoms with Gasteiger partial charge in [-0.2, -0.15) is 0 Å². The first-order valence-electron chi connectivity index (χ1n) is 5.30. The molecule has 2 nitrogen and oxygen atoms in total. The second-order valence-corrected chi connectivity index (χ2v) is 3.92. The molecule has 0 bridgehead atoms. The van der Waals surface area contributed by atoms with E-state index in [0.717, 1.165) is 19.5 Å². The molecule has 1 aliphatic rings. The SMILES string of the molecule is CO[C@@H]1CNCC[C@H]1c1ccc(F)cc1. The van der Waals surface area contributed by atoms with E-state index in [-0.39, 0.29) is 11.9 Å². The zero-order valence-electron chi connectivity index (χ0n) is 8.87. The Kier molecular flexibility index (Phi) is 3.34. The largest absolute Gasteiger partial charge is 0.379 e. The maximum Gasteiger partial charge on any atom is 0.123 e. The summed E-state index contributed by atoms with van der Waals surface area (Å²) in [6.45, 7) is 1.88. The maximum absolute atomic E-state index is 12.8. The molecular weight excluding hydrogens is 193 g/mol. The Morgan fingerprint density at radius 3 is 2.73 bits per heavy atom. The topological polar surface area (TPSA) is 21.3 Å². The summed E-state index contributed by atoms with van der Waals surface area (Å²) in [6, 6.07) is 6.75. The fraction of sp³-hybridized carbons (Fsp3) is 0.500. The fourth-order valence-corrected chi connectivity index (χ4v) is 2.17. The van der Waals surface area contributed by atoms with E-state index in [0.29, 0.717) is 5.92 Å². The average Bonchev–Trinajstić information content (AvgIpc) is 2.30. The number of methoxy groups -OCH3 is 1. The third kappa shape index (κ3) is 2.36. The van der Waals surface area contributed by atoms with E-state index in [1.54, 1.807) is 7.11 Å². The second kappa shape index (κ2) is 4.73. The summed E-state index contributed by atoms with van der Waals surface area (Å²) in [5.74, 6) is 0.207. The molecule has 82 valence electrons. The molecule has 0 saturated carbocycles. The number of piperidine rings is 1. The van der Waals surface area contributed by atoms with E-state index in [1.165, 1.54) is 17.7 Å². The number of nitrogens with one attached hydrogen (secondary N) is 1. The summed E-state index contributed by atoms with van der Waals surface area (Å²) in [6.07, 6.45) is 1.24. The molecule has 3 heteroatoms. The van der Waals surface area contributed by atoms with Crippen LogP contribution >= 0.6 is 0 Å². The monoisotopic (exact) mass is 209 g/mol. The lowest BCUT2D eigenvalue weighted by Crippen LogP contribution is -2.40. The minimum atomic E-state index is -0.179. The lowest BCUT2D eigenvalue weighted by Gasteiger charge is -2.31. The van der Waals surface area contributed by atoms with Gasteiger partial charge in [0.25, 0.3) is 0 Å². The van der Waals surface area contributed by atoms with E-state index < -0.39 is 0 Å². The van der Waals surface area contributed by atoms with Crippen molar-refractivity contribution in [2.75, 3.05) is 20.2 Å². The van der Waals surface area contributed by atoms with Gasteiger partial charge in [-0.25, -0.2) is 4.39 Å². The van der Waals surface area contributed by atoms with Crippen LogP contribution in [0.5, 0.6) is 0 Å². The van der Waals surface area contributed by atoms with E-state index in [2.05, 4.69) is 5.32 Å². The maximum atomic E-state index is 12.8. The van der Waals surface area contributed by atoms with Gasteiger partial charge in [0.15, 0.2) is 0 Å². The Balaban J connectivity index is 2.16. The Labute approximate surface area is 89.4 Å². The molecule has 1 N–H and O–H groups in total. The average molecular weight is 209 g/mol. The highest BCUT2D eigenvalue weighted by Crippen LogP contribution is 2.27. The predicted octanol–water partition coefficient (Wildman–Crippen LogP) is 1.92. The zero-order valence-corrected chi connectivity index (χ0v) is 8.87. The Morgan fingerprint density at radius 2 is 2.07 bits per heavy atom. The van der Waals surface area contributed by atoms with Crippen LogP contribution in [-0.4, -0.2) is 26.3 Å². The van der Waals surface area contributed by atoms with Crippen molar-refractivity contribution in [3.63, 3.8) is 0 Å². The van der Waals surface area contributed by atoms with Crippen LogP contribution in [0, 0.1) is 5.82 Å². The highest BCUT2D eigenvalue weighted by molar-refractivity contribution is 5.22. The number of halogens is 1. The molecule has 1 aromatic carbocycles. The van der Waals surface area contributed by atoms with Gasteiger partial charge in [0.1, 0.15) is 5.82 Å². The minimum Gasteiger partial charge on any atom is -0.379 e. The molecule has 1 aliphatic heterocycles. The predicted molar refractivity (Wildman–Crippen MR) is 57.4 cm³/mol. The van der Waals surface area contributed by atoms with Crippen molar-refractivity contribution in [2.45, 2.75) is 18.4 Å². The van der Waals surface area contributed by atoms with Gasteiger partial charge in [0.2, 0.25) is 0 Å². The third-order valence-corrected chi connectivity index (χ3v) is 3.03. The van der Waals surface area contributed by atoms with Crippen LogP contribution in [0.3, 0.4) is 0 Å². The zero-order chi connectivity index (χ0) is 10.7. The summed E-state index contributed by atoms with van der Waals surface area (Å²) < 4.78 is 18.2. The molecule has 1 heterocycles. The summed E-state index contributed by atoms with van der Waals surface area (Å²) >= 11 is 0. The van der Waals surface area contributed by atoms with Crippen molar-refractivity contribution in [3.8, 4) is 0 Å². The summed E-state index contributed by atoms with van der Waals surface area (Å²) in [5.41, 5.74) is 1.17. The van der Waals surface area contributed by atoms with E-state index in [9.17, 15) is 4.39 Å². The summed E-state index contributed by atoms with van der Waals surface area (Å²) in [5, 5.41) is 3.30. The van der Waals surface area contributed by atoms with Gasteiger partial charge in [-0.05, 0) is 30.7 Å². The highest BCUT2D eigenvalue weighted by Gasteiger charge is 2.25. The molecule has 1 aromatic rings. The van der Waals surface area contributed by atoms with Crippen LogP contribution in [0.1, 0.15) is 17.9 Å². The second-order valence-electron chi connectivity index (χ2n) is 3.92. The van der Waals surface area contributed by atoms with Crippen molar-refractivity contribution < 1.29 is 9.13 Å². The van der Waals surface area contributed by atoms with Crippen LogP contribution in [-0.2, 0) is 4.74 Å². The van der Waals surface area contributed by atoms with Gasteiger partial charge in [-0.1, -0.05) is 12.1 Å². The van der Waals surface area contributed by atoms with Gasteiger partial charge in [0, 0.05) is 19.6 Å². The normalized spacial score (nSPS) is 26.5. The molecule has 1 fully saturated rings. The molecule has 0 amide bonds. The van der Waals surface area contributed by atoms with Gasteiger partial charge in [0.05, 0.1) is 6.10 Å². The van der Waals surface area contributed by atoms with Crippen molar-refractivity contribution in [1.29, 1.82) is 0 Å². The summed E-state index contributed by atoms with van der Waals surface area (Å²) in [4.78, 5) is 0. The molecule has 0 spiro atoms. The quantitative estimate of drug-likeness (QED) is 0.803. The summed E-state index contributed by atoms with van der Waals surface area (Å²) in [7, 11) is 1.73. The number of hydrogen-bond acceptors (Lipinski definition) is 2. The first kappa shape index (κ1) is 10.6. The standard InChI is InChI=1S/C12H16FNO/c1-15-12-8-14-7-6-11(12)9-2-4-10(13)5-3-9/h2-5,11-12,14H,6-8H2,1H3/t11-,12+/m0/s1. The molecule has 2 rings (SSSR count). The van der Waals surface area contributed by atoms with Crippen LogP contribution < -0.4 is 5.32 Å². The van der Waals surface area contributed by atoms with Crippen LogP contribution in [0.25, 0.3) is 0 Å². The van der Waals surface area contributed by atoms with Crippen LogP contribution in [0.4, 0.5) is 4.39 Å². The van der Waals surface area contributed by atoms with E-state index in [1.807, 2.05) is 12.1 Å². The highest BCUT2D eigenvalue weighted by atomic mass is 19.1. The van der Waals surface area contributed by atoms with Crippen LogP contribution in [0.15, 0.2) is 24.3 Å². The van der Waals surface area contributed by atoms with Gasteiger partial charge < -0.3 is 10.1 Å². The smallest absolute Gasteiger partial charge is 0.123 e. The van der Waals surface area contributed by atoms with Crippen molar-refractivity contribution in [2.24, 2.45) is 0 Å². The van der Waals surface area contributed by atoms with Gasteiger partial charge >= 0.3 is 0 Å². The number of rotatable bonds is 2. The molecule has 0 unspecified atom stereocenters. The Morgan fingerprint density at radius 1 is 1.33 bits per heavy atom. The van der Waals surface area contributed by atoms with Crippen molar-refractivity contribution in [1.82, 2.24) is 5.32 Å². The molecule has 0 aromatic heterocycles. The number of benzene rings is 1. The lowest BCUT2D eigenvalue weighted by atomic mass is 9.88. The van der Waals surface area contributed by atoms with E-state index >= 15 is 0 Å². The first-order chi connectivity index (χ1) is 7.31. The van der Waals surface area contributed by atoms with Gasteiger partial charge in [-0.3, -0.25) is 0 Å². The fourth-order valence-electron chi connectivity index (χ4n) is 2.17. The van der Waals surface area contributed by atoms with E-state index in [4.69, 9.17) is 4.74 Å². The number of ether oxygens (including phenoxy) is 1. The Bertz CT molecular complexity index is 312. The van der Waals surface area contributed by atoms with Crippen molar-refractivity contribution >= 4 is 0 Å². The Hall–Kier alpha value is -0.930. The molecule has 2 atom stereocenters. The number of hydrogen-bond donors (Lipinski definition) is 1. The van der Waals surface area contributed by atoms with Crippen LogP contribution in [0.2, 0.25) is 0 Å². The molecule has 1 saturated heterocycles. The molecule has 0 radical (unpaired) electrons. The lowest BCUT2D eigenvalue weighted by molar-refractivity contribution is 0.0625. The molecule has 0 aliphatic carbocycles. The first-order valence-corrected chi connectivity index (χ1v) is 5.30. The minimum absolute atomic E-state index is 0.179. The van der Waals surface area contributed by atoms with Gasteiger partial charge in [-0.15, -0.1) is 0 Å². The molecular formula is C12H16FNO. The van der Waals surface area contributed by atoms with Crippen molar-refractivity contribution in [3.05, 3.63) is 35.6 Å². The third-order valence-electron chi connectivity index (χ3n) is 3.03.